The smallest absolute Gasteiger partial charge is 0.249 e. The Morgan fingerprint density at radius 2 is 1.74 bits per heavy atom. The Hall–Kier alpha value is -2.72. The number of carbonyl (C=O) groups is 1. The average Bonchev–Trinajstić information content (AvgIpc) is 3.36. The highest BCUT2D eigenvalue weighted by atomic mass is 32.2. The van der Waals surface area contributed by atoms with Gasteiger partial charge in [0.05, 0.1) is 10.9 Å². The number of halogens is 1. The topological polar surface area (TPSA) is 86.7 Å². The molecule has 0 aliphatic carbocycles. The van der Waals surface area contributed by atoms with E-state index >= 15 is 0 Å². The fourth-order valence-corrected chi connectivity index (χ4v) is 7.01. The zero-order valence-electron chi connectivity index (χ0n) is 18.3. The maximum atomic E-state index is 14.1. The molecule has 0 saturated carbocycles. The summed E-state index contributed by atoms with van der Waals surface area (Å²) in [5, 5.41) is 11.4. The number of carbonyl (C=O) groups excluding carboxylic acids is 1. The van der Waals surface area contributed by atoms with Crippen molar-refractivity contribution in [2.24, 2.45) is 0 Å². The second kappa shape index (κ2) is 10.7. The molecule has 3 aromatic carbocycles. The number of hydrogen-bond donors (Lipinski definition) is 2. The van der Waals surface area contributed by atoms with Crippen LogP contribution in [-0.4, -0.2) is 48.0 Å². The van der Waals surface area contributed by atoms with Crippen molar-refractivity contribution in [2.75, 3.05) is 18.9 Å². The standard InChI is InChI=1S/C25H25FN2O4S2/c26-22-9-5-4-8-21(22)18-10-12-20(13-11-18)34(31,32)28-15-17-33-25(28)24(30)27-23(14-16-29)19-6-2-1-3-7-19/h1-13,23,25,29H,14-17H2,(H,27,30)/t23-,25-/m0/s1. The van der Waals surface area contributed by atoms with Crippen molar-refractivity contribution < 1.29 is 22.7 Å². The van der Waals surface area contributed by atoms with Crippen molar-refractivity contribution in [3.05, 3.63) is 90.2 Å². The molecule has 1 heterocycles. The Labute approximate surface area is 202 Å². The van der Waals surface area contributed by atoms with Gasteiger partial charge in [-0.1, -0.05) is 60.7 Å². The molecule has 3 aromatic rings. The lowest BCUT2D eigenvalue weighted by atomic mass is 10.0. The summed E-state index contributed by atoms with van der Waals surface area (Å²) >= 11 is 1.26. The molecule has 0 unspecified atom stereocenters. The Balaban J connectivity index is 1.53. The molecule has 178 valence electrons. The van der Waals surface area contributed by atoms with Crippen LogP contribution < -0.4 is 5.32 Å². The predicted molar refractivity (Wildman–Crippen MR) is 131 cm³/mol. The number of hydrogen-bond acceptors (Lipinski definition) is 5. The minimum atomic E-state index is -3.95. The number of benzene rings is 3. The van der Waals surface area contributed by atoms with Crippen LogP contribution in [0.25, 0.3) is 11.1 Å². The molecule has 0 aromatic heterocycles. The van der Waals surface area contributed by atoms with Crippen molar-refractivity contribution in [1.82, 2.24) is 9.62 Å². The van der Waals surface area contributed by atoms with E-state index in [-0.39, 0.29) is 23.9 Å². The summed E-state index contributed by atoms with van der Waals surface area (Å²) in [6, 6.07) is 21.1. The van der Waals surface area contributed by atoms with Gasteiger partial charge in [-0.05, 0) is 35.7 Å². The summed E-state index contributed by atoms with van der Waals surface area (Å²) in [6.07, 6.45) is 0.317. The second-order valence-electron chi connectivity index (χ2n) is 7.83. The summed E-state index contributed by atoms with van der Waals surface area (Å²) < 4.78 is 42.0. The lowest BCUT2D eigenvalue weighted by Gasteiger charge is -2.25. The van der Waals surface area contributed by atoms with Crippen LogP contribution in [0.1, 0.15) is 18.0 Å². The molecule has 6 nitrogen and oxygen atoms in total. The van der Waals surface area contributed by atoms with Gasteiger partial charge >= 0.3 is 0 Å². The first-order valence-corrected chi connectivity index (χ1v) is 13.4. The van der Waals surface area contributed by atoms with Gasteiger partial charge < -0.3 is 10.4 Å². The normalized spacial score (nSPS) is 17.4. The lowest BCUT2D eigenvalue weighted by Crippen LogP contribution is -2.45. The van der Waals surface area contributed by atoms with E-state index < -0.39 is 27.3 Å². The molecule has 0 bridgehead atoms. The van der Waals surface area contributed by atoms with Gasteiger partial charge in [-0.3, -0.25) is 4.79 Å². The first-order valence-electron chi connectivity index (χ1n) is 10.9. The molecule has 4 rings (SSSR count). The van der Waals surface area contributed by atoms with E-state index in [1.165, 1.54) is 34.3 Å². The molecule has 1 fully saturated rings. The molecule has 1 aliphatic heterocycles. The molecule has 0 spiro atoms. The minimum Gasteiger partial charge on any atom is -0.396 e. The summed E-state index contributed by atoms with van der Waals surface area (Å²) in [5.41, 5.74) is 1.79. The van der Waals surface area contributed by atoms with Crippen molar-refractivity contribution in [3.8, 4) is 11.1 Å². The van der Waals surface area contributed by atoms with Crippen LogP contribution in [0.2, 0.25) is 0 Å². The number of sulfonamides is 1. The van der Waals surface area contributed by atoms with E-state index in [2.05, 4.69) is 5.32 Å². The van der Waals surface area contributed by atoms with E-state index in [4.69, 9.17) is 0 Å². The zero-order chi connectivity index (χ0) is 24.1. The third-order valence-electron chi connectivity index (χ3n) is 5.66. The van der Waals surface area contributed by atoms with Gasteiger partial charge in [0.25, 0.3) is 0 Å². The third kappa shape index (κ3) is 5.17. The van der Waals surface area contributed by atoms with E-state index in [0.29, 0.717) is 23.3 Å². The van der Waals surface area contributed by atoms with Crippen LogP contribution in [0.5, 0.6) is 0 Å². The van der Waals surface area contributed by atoms with Crippen LogP contribution in [0.4, 0.5) is 4.39 Å². The maximum absolute atomic E-state index is 14.1. The van der Waals surface area contributed by atoms with Gasteiger partial charge in [0.15, 0.2) is 0 Å². The van der Waals surface area contributed by atoms with Crippen molar-refractivity contribution >= 4 is 27.7 Å². The fourth-order valence-electron chi connectivity index (χ4n) is 3.92. The minimum absolute atomic E-state index is 0.0443. The average molecular weight is 501 g/mol. The number of nitrogens with one attached hydrogen (secondary N) is 1. The molecule has 9 heteroatoms. The number of rotatable bonds is 8. The highest BCUT2D eigenvalue weighted by Gasteiger charge is 2.40. The van der Waals surface area contributed by atoms with Gasteiger partial charge in [-0.2, -0.15) is 4.31 Å². The number of aliphatic hydroxyl groups excluding tert-OH is 1. The SMILES string of the molecule is O=C(N[C@@H](CCO)c1ccccc1)[C@@H]1SCCN1S(=O)(=O)c1ccc(-c2ccccc2F)cc1. The van der Waals surface area contributed by atoms with Gasteiger partial charge in [-0.15, -0.1) is 11.8 Å². The summed E-state index contributed by atoms with van der Waals surface area (Å²) in [6.45, 7) is 0.0875. The largest absolute Gasteiger partial charge is 0.396 e. The van der Waals surface area contributed by atoms with Gasteiger partial charge in [-0.25, -0.2) is 12.8 Å². The molecular formula is C25H25FN2O4S2. The Morgan fingerprint density at radius 1 is 1.06 bits per heavy atom. The summed E-state index contributed by atoms with van der Waals surface area (Å²) in [7, 11) is -3.95. The zero-order valence-corrected chi connectivity index (χ0v) is 19.9. The van der Waals surface area contributed by atoms with Gasteiger partial charge in [0.2, 0.25) is 15.9 Å². The molecule has 1 saturated heterocycles. The van der Waals surface area contributed by atoms with Crippen LogP contribution >= 0.6 is 11.8 Å². The predicted octanol–water partition coefficient (Wildman–Crippen LogP) is 3.80. The van der Waals surface area contributed by atoms with Crippen molar-refractivity contribution in [3.63, 3.8) is 0 Å². The summed E-state index contributed by atoms with van der Waals surface area (Å²) in [5.74, 6) is -0.321. The van der Waals surface area contributed by atoms with Gasteiger partial charge in [0, 0.05) is 24.5 Å². The number of aliphatic hydroxyl groups is 1. The number of amides is 1. The van der Waals surface area contributed by atoms with Crippen molar-refractivity contribution in [2.45, 2.75) is 22.7 Å². The number of thioether (sulfide) groups is 1. The van der Waals surface area contributed by atoms with E-state index in [1.807, 2.05) is 30.3 Å². The monoisotopic (exact) mass is 500 g/mol. The maximum Gasteiger partial charge on any atom is 0.249 e. The van der Waals surface area contributed by atoms with E-state index in [0.717, 1.165) is 5.56 Å². The Bertz CT molecular complexity index is 1240. The molecular weight excluding hydrogens is 475 g/mol. The lowest BCUT2D eigenvalue weighted by molar-refractivity contribution is -0.123. The molecule has 1 aliphatic rings. The molecule has 1 amide bonds. The Morgan fingerprint density at radius 3 is 2.41 bits per heavy atom. The van der Waals surface area contributed by atoms with Crippen molar-refractivity contribution in [1.29, 1.82) is 0 Å². The molecule has 2 atom stereocenters. The molecule has 0 radical (unpaired) electrons. The third-order valence-corrected chi connectivity index (χ3v) is 8.87. The molecule has 34 heavy (non-hydrogen) atoms. The second-order valence-corrected chi connectivity index (χ2v) is 10.9. The number of nitrogens with zero attached hydrogens (tertiary/aromatic N) is 1. The summed E-state index contributed by atoms with van der Waals surface area (Å²) in [4.78, 5) is 13.2. The van der Waals surface area contributed by atoms with E-state index in [1.54, 1.807) is 30.3 Å². The first-order chi connectivity index (χ1) is 16.4. The van der Waals surface area contributed by atoms with Crippen LogP contribution in [0.15, 0.2) is 83.8 Å². The van der Waals surface area contributed by atoms with Crippen LogP contribution in [0.3, 0.4) is 0 Å². The fraction of sp³-hybridized carbons (Fsp3) is 0.240. The highest BCUT2D eigenvalue weighted by Crippen LogP contribution is 2.32. The molecule has 2 N–H and O–H groups in total. The van der Waals surface area contributed by atoms with E-state index in [9.17, 15) is 22.7 Å². The highest BCUT2D eigenvalue weighted by molar-refractivity contribution is 8.02. The Kier molecular flexibility index (Phi) is 7.67. The van der Waals surface area contributed by atoms with Crippen LogP contribution in [0, 0.1) is 5.82 Å². The first kappa shape index (κ1) is 24.4. The quantitative estimate of drug-likeness (QED) is 0.492. The van der Waals surface area contributed by atoms with Gasteiger partial charge in [0.1, 0.15) is 11.2 Å². The van der Waals surface area contributed by atoms with Crippen LogP contribution in [-0.2, 0) is 14.8 Å².